The molecule has 8 aromatic rings. The highest BCUT2D eigenvalue weighted by Crippen LogP contribution is 2.56. The van der Waals surface area contributed by atoms with E-state index in [1.54, 1.807) is 0 Å². The molecule has 10 rings (SSSR count). The first-order valence-corrected chi connectivity index (χ1v) is 17.6. The monoisotopic (exact) mass is 671 g/mol. The van der Waals surface area contributed by atoms with Gasteiger partial charge in [0.05, 0.1) is 15.0 Å². The molecule has 52 heavy (non-hydrogen) atoms. The molecule has 0 saturated heterocycles. The summed E-state index contributed by atoms with van der Waals surface area (Å²) in [5.41, 5.74) is 6.86. The van der Waals surface area contributed by atoms with Crippen molar-refractivity contribution in [2.75, 3.05) is 5.32 Å². The Hall–Kier alpha value is -6.44. The average molecular weight is 672 g/mol. The lowest BCUT2D eigenvalue weighted by Crippen LogP contribution is -2.28. The van der Waals surface area contributed by atoms with Gasteiger partial charge in [-0.05, 0) is 108 Å². The average Bonchev–Trinajstić information content (AvgIpc) is 3.58. The summed E-state index contributed by atoms with van der Waals surface area (Å²) in [6.45, 7) is 0. The topological polar surface area (TPSA) is 12.0 Å². The summed E-state index contributed by atoms with van der Waals surface area (Å²) in [6, 6.07) is 50.1. The van der Waals surface area contributed by atoms with Crippen LogP contribution in [-0.4, -0.2) is 0 Å². The van der Waals surface area contributed by atoms with Gasteiger partial charge in [0.2, 0.25) is 0 Å². The van der Waals surface area contributed by atoms with Crippen LogP contribution in [0.2, 0.25) is 0 Å². The zero-order valence-corrected chi connectivity index (χ0v) is 28.2. The van der Waals surface area contributed by atoms with Crippen LogP contribution in [0.1, 0.15) is 56.7 Å². The van der Waals surface area contributed by atoms with Crippen LogP contribution in [0.4, 0.5) is 11.4 Å². The van der Waals surface area contributed by atoms with Crippen molar-refractivity contribution in [3.8, 4) is 11.1 Å². The number of benzene rings is 8. The minimum Gasteiger partial charge on any atom is -0.356 e. The Morgan fingerprint density at radius 3 is 1.94 bits per heavy atom. The standard InChI is InChI=1S/C51H37N/c1-3-14-39(15-4-1)51(40-16-5-2-6-17-40)49-22-12-11-21-46(49)47-32-31-42(34-50(47)51)52-41-29-27-36(28-30-41)35-23-25-37(26-24-35)48-33-38-13-7-8-18-43(38)44-19-9-10-20-45(44)48/h1-23,25-35,52H,24H2/i23D,24D,25D,26D,27D,28D,29D,30D. The van der Waals surface area contributed by atoms with Gasteiger partial charge in [-0.2, -0.15) is 0 Å². The van der Waals surface area contributed by atoms with Crippen LogP contribution in [0.5, 0.6) is 0 Å². The molecule has 0 aliphatic heterocycles. The van der Waals surface area contributed by atoms with Crippen LogP contribution in [-0.2, 0) is 5.41 Å². The first kappa shape index (κ1) is 23.1. The predicted molar refractivity (Wildman–Crippen MR) is 219 cm³/mol. The van der Waals surface area contributed by atoms with Gasteiger partial charge in [-0.25, -0.2) is 0 Å². The van der Waals surface area contributed by atoms with Crippen LogP contribution >= 0.6 is 0 Å². The quantitative estimate of drug-likeness (QED) is 0.174. The summed E-state index contributed by atoms with van der Waals surface area (Å²) in [7, 11) is 0. The SMILES string of the molecule is [2H]C1=C([2H])C(c2c([2H])c([2H])c(Nc3ccc4c(c3)C(c3ccccc3)(c3ccccc3)c3ccccc3-4)c([2H])c2[2H])C([2H])C([2H])=C1c1cc2ccccc2c2ccccc12. The molecule has 1 heteroatoms. The number of hydrogen-bond acceptors (Lipinski definition) is 1. The number of nitrogens with one attached hydrogen (secondary N) is 1. The summed E-state index contributed by atoms with van der Waals surface area (Å²) in [6.07, 6.45) is -1.46. The van der Waals surface area contributed by atoms with Gasteiger partial charge in [0.15, 0.2) is 0 Å². The van der Waals surface area contributed by atoms with E-state index in [0.29, 0.717) is 11.3 Å². The molecular weight excluding hydrogens is 627 g/mol. The largest absolute Gasteiger partial charge is 0.356 e. The van der Waals surface area contributed by atoms with Gasteiger partial charge in [0.25, 0.3) is 0 Å². The minimum absolute atomic E-state index is 0.0434. The molecule has 0 amide bonds. The van der Waals surface area contributed by atoms with Crippen molar-refractivity contribution in [1.29, 1.82) is 0 Å². The third-order valence-electron chi connectivity index (χ3n) is 10.5. The Balaban J connectivity index is 1.07. The minimum atomic E-state index is -1.46. The highest BCUT2D eigenvalue weighted by atomic mass is 14.9. The maximum absolute atomic E-state index is 9.33. The van der Waals surface area contributed by atoms with E-state index in [0.717, 1.165) is 54.9 Å². The predicted octanol–water partition coefficient (Wildman–Crippen LogP) is 13.2. The van der Waals surface area contributed by atoms with Crippen molar-refractivity contribution in [3.05, 3.63) is 233 Å². The lowest BCUT2D eigenvalue weighted by molar-refractivity contribution is 0.769. The summed E-state index contributed by atoms with van der Waals surface area (Å²) in [5.74, 6) is -1.36. The van der Waals surface area contributed by atoms with Crippen molar-refractivity contribution in [1.82, 2.24) is 0 Å². The summed E-state index contributed by atoms with van der Waals surface area (Å²) < 4.78 is 74.1. The van der Waals surface area contributed by atoms with Gasteiger partial charge < -0.3 is 5.32 Å². The van der Waals surface area contributed by atoms with Crippen LogP contribution < -0.4 is 5.32 Å². The van der Waals surface area contributed by atoms with E-state index in [2.05, 4.69) is 47.8 Å². The van der Waals surface area contributed by atoms with Crippen molar-refractivity contribution < 1.29 is 11.0 Å². The second-order valence-electron chi connectivity index (χ2n) is 13.3. The number of rotatable bonds is 6. The van der Waals surface area contributed by atoms with Gasteiger partial charge in [-0.1, -0.05) is 170 Å². The highest BCUT2D eigenvalue weighted by Gasteiger charge is 2.46. The van der Waals surface area contributed by atoms with Crippen molar-refractivity contribution >= 4 is 38.5 Å². The smallest absolute Gasteiger partial charge is 0.0714 e. The molecule has 0 aromatic heterocycles. The summed E-state index contributed by atoms with van der Waals surface area (Å²) in [5, 5.41) is 6.87. The summed E-state index contributed by atoms with van der Waals surface area (Å²) in [4.78, 5) is 0. The molecule has 8 aromatic carbocycles. The Bertz CT molecular complexity index is 3050. The Morgan fingerprint density at radius 2 is 1.17 bits per heavy atom. The van der Waals surface area contributed by atoms with E-state index in [1.165, 1.54) is 0 Å². The molecule has 1 N–H and O–H groups in total. The van der Waals surface area contributed by atoms with E-state index in [4.69, 9.17) is 0 Å². The normalized spacial score (nSPS) is 19.8. The molecular formula is C51H37N. The summed E-state index contributed by atoms with van der Waals surface area (Å²) >= 11 is 0. The third-order valence-corrected chi connectivity index (χ3v) is 10.5. The van der Waals surface area contributed by atoms with Gasteiger partial charge in [0, 0.05) is 18.7 Å². The van der Waals surface area contributed by atoms with E-state index < -0.39 is 29.8 Å². The van der Waals surface area contributed by atoms with Crippen LogP contribution in [0.3, 0.4) is 0 Å². The Labute approximate surface area is 316 Å². The maximum Gasteiger partial charge on any atom is 0.0714 e. The maximum atomic E-state index is 9.33. The fraction of sp³-hybridized carbons (Fsp3) is 0.0588. The number of anilines is 2. The molecule has 0 fully saturated rings. The van der Waals surface area contributed by atoms with Gasteiger partial charge in [-0.3, -0.25) is 0 Å². The molecule has 246 valence electrons. The highest BCUT2D eigenvalue weighted by molar-refractivity contribution is 6.12. The molecule has 2 aliphatic rings. The van der Waals surface area contributed by atoms with Crippen LogP contribution in [0.15, 0.2) is 200 Å². The van der Waals surface area contributed by atoms with Gasteiger partial charge in [-0.15, -0.1) is 0 Å². The molecule has 2 unspecified atom stereocenters. The first-order chi connectivity index (χ1) is 29.1. The molecule has 0 spiro atoms. The molecule has 2 atom stereocenters. The number of hydrogen-bond donors (Lipinski definition) is 1. The molecule has 1 nitrogen and oxygen atoms in total. The first-order valence-electron chi connectivity index (χ1n) is 21.6. The van der Waals surface area contributed by atoms with E-state index in [9.17, 15) is 11.0 Å². The second-order valence-corrected chi connectivity index (χ2v) is 13.3. The fourth-order valence-corrected chi connectivity index (χ4v) is 8.16. The van der Waals surface area contributed by atoms with E-state index in [1.807, 2.05) is 115 Å². The molecule has 0 saturated carbocycles. The van der Waals surface area contributed by atoms with Crippen molar-refractivity contribution in [2.45, 2.75) is 17.7 Å². The number of allylic oxidation sites excluding steroid dienone is 4. The lowest BCUT2D eigenvalue weighted by atomic mass is 9.67. The lowest BCUT2D eigenvalue weighted by Gasteiger charge is -2.34. The van der Waals surface area contributed by atoms with Gasteiger partial charge >= 0.3 is 0 Å². The Morgan fingerprint density at radius 1 is 0.538 bits per heavy atom. The van der Waals surface area contributed by atoms with Crippen LogP contribution in [0, 0.1) is 0 Å². The fourth-order valence-electron chi connectivity index (χ4n) is 8.16. The zero-order valence-electron chi connectivity index (χ0n) is 36.2. The molecule has 0 radical (unpaired) electrons. The molecule has 0 bridgehead atoms. The van der Waals surface area contributed by atoms with E-state index in [-0.39, 0.29) is 47.1 Å². The Kier molecular flexibility index (Phi) is 5.51. The zero-order chi connectivity index (χ0) is 41.4. The van der Waals surface area contributed by atoms with Crippen LogP contribution in [0.25, 0.3) is 38.2 Å². The second kappa shape index (κ2) is 12.4. The molecule has 2 aliphatic carbocycles. The van der Waals surface area contributed by atoms with Crippen molar-refractivity contribution in [2.24, 2.45) is 0 Å². The molecule has 0 heterocycles. The third kappa shape index (κ3) is 4.85. The van der Waals surface area contributed by atoms with Gasteiger partial charge in [0.1, 0.15) is 0 Å². The number of fused-ring (bicyclic) bond motifs is 6. The van der Waals surface area contributed by atoms with E-state index >= 15 is 0 Å². The van der Waals surface area contributed by atoms with Crippen molar-refractivity contribution in [3.63, 3.8) is 0 Å².